The zero-order valence-electron chi connectivity index (χ0n) is 26.2. The van der Waals surface area contributed by atoms with E-state index in [-0.39, 0.29) is 40.0 Å². The fourth-order valence-corrected chi connectivity index (χ4v) is 6.42. The maximum atomic E-state index is 13.4. The number of carboxylic acids is 1. The molecule has 268 valence electrons. The van der Waals surface area contributed by atoms with Crippen LogP contribution in [0.4, 0.5) is 5.13 Å². The van der Waals surface area contributed by atoms with Crippen molar-refractivity contribution in [2.75, 3.05) is 25.4 Å². The van der Waals surface area contributed by atoms with Gasteiger partial charge in [0.1, 0.15) is 36.0 Å². The number of piperidine rings is 1. The van der Waals surface area contributed by atoms with E-state index in [4.69, 9.17) is 26.8 Å². The number of amides is 2. The molecule has 3 aromatic rings. The monoisotopic (exact) mass is 734 g/mol. The number of β-lactam (4-membered cyclic amide) rings is 1. The van der Waals surface area contributed by atoms with Crippen molar-refractivity contribution < 1.29 is 42.0 Å². The lowest BCUT2D eigenvalue weighted by Crippen LogP contribution is -2.73. The summed E-state index contributed by atoms with van der Waals surface area (Å²) in [5, 5.41) is 28.4. The Kier molecular flexibility index (Phi) is 11.2. The van der Waals surface area contributed by atoms with Gasteiger partial charge < -0.3 is 42.5 Å². The minimum absolute atomic E-state index is 0.0270. The molecule has 2 aromatic heterocycles. The quantitative estimate of drug-likeness (QED) is 0.0283. The molecule has 2 aliphatic heterocycles. The highest BCUT2D eigenvalue weighted by atomic mass is 32.2. The van der Waals surface area contributed by atoms with E-state index in [2.05, 4.69) is 36.0 Å². The average molecular weight is 735 g/mol. The smallest absolute Gasteiger partial charge is 0.362 e. The van der Waals surface area contributed by atoms with Gasteiger partial charge in [0.05, 0.1) is 24.5 Å². The van der Waals surface area contributed by atoms with Crippen LogP contribution in [0.1, 0.15) is 29.8 Å². The second-order valence-electron chi connectivity index (χ2n) is 11.0. The summed E-state index contributed by atoms with van der Waals surface area (Å²) in [5.74, 6) is -3.10. The van der Waals surface area contributed by atoms with E-state index in [0.717, 1.165) is 42.1 Å². The lowest BCUT2D eigenvalue weighted by molar-refractivity contribution is -0.152. The number of aliphatic imine (C=N–C) groups is 1. The normalized spacial score (nSPS) is 19.5. The van der Waals surface area contributed by atoms with Gasteiger partial charge in [-0.3, -0.25) is 19.1 Å². The number of carbonyl (C=O) groups excluding carboxylic acids is 2. The van der Waals surface area contributed by atoms with Crippen LogP contribution in [-0.2, 0) is 42.6 Å². The summed E-state index contributed by atoms with van der Waals surface area (Å²) in [4.78, 5) is 53.1. The fraction of sp³-hybridized carbons (Fsp3) is 0.407. The molecule has 2 fully saturated rings. The van der Waals surface area contributed by atoms with Crippen LogP contribution in [0.5, 0.6) is 5.75 Å². The number of ether oxygens (including phenoxy) is 1. The second-order valence-corrected chi connectivity index (χ2v) is 13.2. The van der Waals surface area contributed by atoms with E-state index in [9.17, 15) is 32.5 Å². The van der Waals surface area contributed by atoms with Crippen LogP contribution in [0, 0.1) is 0 Å². The molecule has 0 aliphatic carbocycles. The zero-order valence-corrected chi connectivity index (χ0v) is 27.8. The van der Waals surface area contributed by atoms with Crippen molar-refractivity contribution in [2.24, 2.45) is 21.6 Å². The van der Waals surface area contributed by atoms with E-state index < -0.39 is 58.6 Å². The molecule has 0 saturated carbocycles. The Morgan fingerprint density at radius 2 is 1.94 bits per heavy atom. The topological polar surface area (TPSA) is 318 Å². The Morgan fingerprint density at radius 1 is 1.22 bits per heavy atom. The number of aromatic nitrogens is 4. The van der Waals surface area contributed by atoms with Crippen LogP contribution in [-0.4, -0.2) is 116 Å². The van der Waals surface area contributed by atoms with Crippen LogP contribution in [0.15, 0.2) is 46.0 Å². The zero-order chi connectivity index (χ0) is 36.0. The lowest BCUT2D eigenvalue weighted by Gasteiger charge is -2.43. The Bertz CT molecular complexity index is 1870. The van der Waals surface area contributed by atoms with Crippen molar-refractivity contribution in [2.45, 2.75) is 50.2 Å². The number of thiazole rings is 1. The highest BCUT2D eigenvalue weighted by molar-refractivity contribution is 7.84. The lowest BCUT2D eigenvalue weighted by atomic mass is 9.98. The molecule has 10 N–H and O–H groups in total. The first kappa shape index (κ1) is 36.1. The minimum atomic E-state index is -5.03. The summed E-state index contributed by atoms with van der Waals surface area (Å²) in [7, 11) is -5.03. The molecule has 21 nitrogen and oxygen atoms in total. The summed E-state index contributed by atoms with van der Waals surface area (Å²) in [6.45, 7) is 0.860. The number of nitrogens with zero attached hydrogens (tertiary/aromatic N) is 7. The third kappa shape index (κ3) is 8.67. The van der Waals surface area contributed by atoms with E-state index in [1.165, 1.54) is 11.6 Å². The van der Waals surface area contributed by atoms with Gasteiger partial charge in [0.25, 0.3) is 17.9 Å². The predicted octanol–water partition coefficient (Wildman–Crippen LogP) is -2.32. The Labute approximate surface area is 288 Å². The summed E-state index contributed by atoms with van der Waals surface area (Å²) < 4.78 is 39.3. The third-order valence-electron chi connectivity index (χ3n) is 7.56. The summed E-state index contributed by atoms with van der Waals surface area (Å²) in [6.07, 6.45) is 1.36. The van der Waals surface area contributed by atoms with Gasteiger partial charge in [-0.15, -0.1) is 11.3 Å². The van der Waals surface area contributed by atoms with Gasteiger partial charge in [-0.1, -0.05) is 5.16 Å². The SMILES string of the molecule is NCc1cnn(CC2C(NC(=O)C(=NOC(COc3ccc(C(N)=NC4CCNCC4)cc3)C(=O)O)c3csc(N)n3)C(=O)N2S(=O)(=O)O)n1. The molecule has 0 spiro atoms. The molecule has 0 radical (unpaired) electrons. The number of amidine groups is 1. The number of nitrogens with one attached hydrogen (secondary N) is 2. The maximum absolute atomic E-state index is 13.4. The molecule has 2 amide bonds. The standard InChI is InChI=1S/C27H34N12O9S2/c28-9-16-10-32-38(36-16)11-19-22(25(41)39(19)50(44,45)46)35-24(40)21(18-13-49-27(30)34-18)37-48-20(26(42)43)12-47-17-3-1-14(2-4-17)23(29)33-15-5-7-31-8-6-15/h1-4,10,13,15,19-20,22,31H,5-9,11-12,28H2,(H2,29,33)(H2,30,34)(H,35,40)(H,42,43)(H,44,45,46). The van der Waals surface area contributed by atoms with Crippen LogP contribution < -0.4 is 32.6 Å². The Balaban J connectivity index is 1.28. The van der Waals surface area contributed by atoms with E-state index in [0.29, 0.717) is 17.1 Å². The van der Waals surface area contributed by atoms with Gasteiger partial charge in [0, 0.05) is 17.5 Å². The molecule has 23 heteroatoms. The molecular weight excluding hydrogens is 701 g/mol. The molecule has 1 aromatic carbocycles. The number of anilines is 1. The van der Waals surface area contributed by atoms with Crippen LogP contribution in [0.25, 0.3) is 0 Å². The number of carboxylic acid groups (broad SMARTS) is 1. The number of aliphatic carboxylic acids is 1. The van der Waals surface area contributed by atoms with E-state index in [1.54, 1.807) is 24.3 Å². The predicted molar refractivity (Wildman–Crippen MR) is 176 cm³/mol. The van der Waals surface area contributed by atoms with Gasteiger partial charge in [-0.2, -0.15) is 23.4 Å². The first-order valence-electron chi connectivity index (χ1n) is 15.0. The highest BCUT2D eigenvalue weighted by Gasteiger charge is 2.54. The van der Waals surface area contributed by atoms with Crippen LogP contribution >= 0.6 is 11.3 Å². The average Bonchev–Trinajstić information content (AvgIpc) is 3.73. The van der Waals surface area contributed by atoms with Gasteiger partial charge in [-0.25, -0.2) is 14.1 Å². The summed E-state index contributed by atoms with van der Waals surface area (Å²) in [5.41, 5.74) is 17.7. The van der Waals surface area contributed by atoms with Crippen molar-refractivity contribution in [3.05, 3.63) is 52.8 Å². The molecule has 5 rings (SSSR count). The number of oxime groups is 1. The largest absolute Gasteiger partial charge is 0.489 e. The third-order valence-corrected chi connectivity index (χ3v) is 9.18. The van der Waals surface area contributed by atoms with Crippen LogP contribution in [0.2, 0.25) is 0 Å². The molecule has 3 unspecified atom stereocenters. The molecular formula is C27H34N12O9S2. The molecule has 2 aliphatic rings. The number of hydrogen-bond acceptors (Lipinski definition) is 16. The second kappa shape index (κ2) is 15.5. The highest BCUT2D eigenvalue weighted by Crippen LogP contribution is 2.25. The van der Waals surface area contributed by atoms with Gasteiger partial charge in [-0.05, 0) is 50.2 Å². The number of nitrogen functional groups attached to an aromatic ring is 1. The number of hydrogen-bond donors (Lipinski definition) is 7. The van der Waals surface area contributed by atoms with Gasteiger partial charge in [0.15, 0.2) is 10.8 Å². The summed E-state index contributed by atoms with van der Waals surface area (Å²) in [6, 6.07) is 3.76. The van der Waals surface area contributed by atoms with Crippen molar-refractivity contribution in [1.29, 1.82) is 0 Å². The number of carbonyl (C=O) groups is 3. The maximum Gasteiger partial charge on any atom is 0.362 e. The first-order chi connectivity index (χ1) is 23.8. The van der Waals surface area contributed by atoms with E-state index in [1.807, 2.05) is 0 Å². The Hall–Kier alpha value is -5.23. The van der Waals surface area contributed by atoms with Crippen LogP contribution in [0.3, 0.4) is 0 Å². The van der Waals surface area contributed by atoms with E-state index >= 15 is 0 Å². The van der Waals surface area contributed by atoms with Crippen molar-refractivity contribution in [1.82, 2.24) is 34.9 Å². The molecule has 4 heterocycles. The molecule has 0 bridgehead atoms. The molecule has 50 heavy (non-hydrogen) atoms. The molecule has 2 saturated heterocycles. The number of benzene rings is 1. The molecule has 3 atom stereocenters. The Morgan fingerprint density at radius 3 is 2.54 bits per heavy atom. The van der Waals surface area contributed by atoms with Gasteiger partial charge >= 0.3 is 16.3 Å². The van der Waals surface area contributed by atoms with Gasteiger partial charge in [0.2, 0.25) is 0 Å². The number of rotatable bonds is 15. The van der Waals surface area contributed by atoms with Crippen molar-refractivity contribution >= 4 is 56.1 Å². The van der Waals surface area contributed by atoms with Crippen molar-refractivity contribution in [3.8, 4) is 5.75 Å². The summed E-state index contributed by atoms with van der Waals surface area (Å²) >= 11 is 0.932. The minimum Gasteiger partial charge on any atom is -0.489 e. The fourth-order valence-electron chi connectivity index (χ4n) is 5.00. The van der Waals surface area contributed by atoms with Crippen molar-refractivity contribution in [3.63, 3.8) is 0 Å². The number of nitrogens with two attached hydrogens (primary N) is 3. The first-order valence-corrected chi connectivity index (χ1v) is 17.3.